The summed E-state index contributed by atoms with van der Waals surface area (Å²) in [6.07, 6.45) is 11.4. The lowest BCUT2D eigenvalue weighted by Gasteiger charge is -2.51. The van der Waals surface area contributed by atoms with Gasteiger partial charge in [-0.05, 0) is 39.2 Å². The van der Waals surface area contributed by atoms with Crippen LogP contribution >= 0.6 is 11.3 Å². The minimum absolute atomic E-state index is 0.231. The standard InChI is InChI=1S/C22H23N5O2S/c1-13-23-11-19(30-13)16-12-27-17(6-8-24-27)20(25-16)29-22(2)10-18-15(22)7-9-26(18)21(28)14-4-3-5-14/h4,6,8,11-12,15,18H,3,5,7,9-10H2,1-2H3/t15-,18?,22+/m1/s1. The molecule has 3 atom stereocenters. The zero-order valence-electron chi connectivity index (χ0n) is 17.0. The van der Waals surface area contributed by atoms with Crippen molar-refractivity contribution in [3.8, 4) is 16.5 Å². The number of likely N-dealkylation sites (tertiary alicyclic amines) is 1. The molecular weight excluding hydrogens is 398 g/mol. The molecule has 2 aliphatic carbocycles. The van der Waals surface area contributed by atoms with E-state index in [2.05, 4.69) is 28.0 Å². The third-order valence-corrected chi connectivity index (χ3v) is 7.78. The van der Waals surface area contributed by atoms with E-state index in [4.69, 9.17) is 9.72 Å². The number of carbonyl (C=O) groups is 1. The molecule has 1 saturated carbocycles. The first-order valence-electron chi connectivity index (χ1n) is 10.5. The van der Waals surface area contributed by atoms with Gasteiger partial charge < -0.3 is 9.64 Å². The Balaban J connectivity index is 1.28. The van der Waals surface area contributed by atoms with Crippen LogP contribution in [0, 0.1) is 12.8 Å². The summed E-state index contributed by atoms with van der Waals surface area (Å²) >= 11 is 1.61. The topological polar surface area (TPSA) is 72.6 Å². The van der Waals surface area contributed by atoms with Gasteiger partial charge in [-0.2, -0.15) is 5.10 Å². The Bertz CT molecular complexity index is 1200. The van der Waals surface area contributed by atoms with Crippen LogP contribution in [0.15, 0.2) is 36.3 Å². The number of aryl methyl sites for hydroxylation is 1. The van der Waals surface area contributed by atoms with E-state index in [9.17, 15) is 4.79 Å². The number of aromatic nitrogens is 4. The predicted octanol–water partition coefficient (Wildman–Crippen LogP) is 3.64. The molecule has 1 unspecified atom stereocenters. The van der Waals surface area contributed by atoms with Crippen molar-refractivity contribution in [1.82, 2.24) is 24.5 Å². The van der Waals surface area contributed by atoms with E-state index in [1.54, 1.807) is 17.5 Å². The summed E-state index contributed by atoms with van der Waals surface area (Å²) in [5.74, 6) is 1.17. The van der Waals surface area contributed by atoms with Crippen LogP contribution in [0.4, 0.5) is 0 Å². The maximum atomic E-state index is 12.7. The fourth-order valence-electron chi connectivity index (χ4n) is 5.05. The fourth-order valence-corrected chi connectivity index (χ4v) is 5.79. The lowest BCUT2D eigenvalue weighted by molar-refractivity contribution is -0.138. The molecule has 3 aromatic rings. The van der Waals surface area contributed by atoms with Crippen LogP contribution in [-0.4, -0.2) is 48.6 Å². The van der Waals surface area contributed by atoms with Crippen LogP contribution < -0.4 is 4.74 Å². The van der Waals surface area contributed by atoms with E-state index in [-0.39, 0.29) is 17.6 Å². The molecule has 7 nitrogen and oxygen atoms in total. The summed E-state index contributed by atoms with van der Waals surface area (Å²) in [6, 6.07) is 2.20. The Labute approximate surface area is 178 Å². The number of rotatable bonds is 4. The van der Waals surface area contributed by atoms with Crippen LogP contribution in [-0.2, 0) is 4.79 Å². The highest BCUT2D eigenvalue weighted by atomic mass is 32.1. The van der Waals surface area contributed by atoms with Crippen LogP contribution in [0.3, 0.4) is 0 Å². The highest BCUT2D eigenvalue weighted by Gasteiger charge is 2.59. The zero-order chi connectivity index (χ0) is 20.5. The van der Waals surface area contributed by atoms with Gasteiger partial charge >= 0.3 is 0 Å². The summed E-state index contributed by atoms with van der Waals surface area (Å²) < 4.78 is 8.40. The number of ether oxygens (including phenoxy) is 1. The average molecular weight is 422 g/mol. The molecule has 0 spiro atoms. The second-order valence-electron chi connectivity index (χ2n) is 8.68. The van der Waals surface area contributed by atoms with Crippen LogP contribution in [0.25, 0.3) is 16.1 Å². The van der Waals surface area contributed by atoms with Gasteiger partial charge in [-0.15, -0.1) is 11.3 Å². The predicted molar refractivity (Wildman–Crippen MR) is 113 cm³/mol. The van der Waals surface area contributed by atoms with E-state index >= 15 is 0 Å². The molecule has 8 heteroatoms. The van der Waals surface area contributed by atoms with Crippen LogP contribution in [0.5, 0.6) is 5.88 Å². The summed E-state index contributed by atoms with van der Waals surface area (Å²) in [4.78, 5) is 25.0. The molecular formula is C22H23N5O2S. The Hall–Kier alpha value is -2.74. The molecule has 3 aliphatic rings. The lowest BCUT2D eigenvalue weighted by atomic mass is 9.66. The number of carbonyl (C=O) groups excluding carboxylic acids is 1. The number of thiazole rings is 1. The van der Waals surface area contributed by atoms with Gasteiger partial charge in [-0.25, -0.2) is 14.5 Å². The molecule has 2 fully saturated rings. The van der Waals surface area contributed by atoms with Crippen molar-refractivity contribution in [2.24, 2.45) is 5.92 Å². The lowest BCUT2D eigenvalue weighted by Crippen LogP contribution is -2.61. The normalized spacial score (nSPS) is 27.4. The Kier molecular flexibility index (Phi) is 3.84. The van der Waals surface area contributed by atoms with Gasteiger partial charge in [-0.3, -0.25) is 4.79 Å². The van der Waals surface area contributed by atoms with Gasteiger partial charge in [0.05, 0.1) is 22.3 Å². The molecule has 30 heavy (non-hydrogen) atoms. The highest BCUT2D eigenvalue weighted by molar-refractivity contribution is 7.15. The third-order valence-electron chi connectivity index (χ3n) is 6.84. The maximum absolute atomic E-state index is 12.7. The molecule has 0 N–H and O–H groups in total. The van der Waals surface area contributed by atoms with Crippen molar-refractivity contribution in [2.75, 3.05) is 6.54 Å². The minimum atomic E-state index is -0.326. The highest BCUT2D eigenvalue weighted by Crippen LogP contribution is 2.51. The average Bonchev–Trinajstić information content (AvgIpc) is 3.38. The minimum Gasteiger partial charge on any atom is -0.469 e. The molecule has 0 aromatic carbocycles. The van der Waals surface area contributed by atoms with Gasteiger partial charge in [0.1, 0.15) is 16.8 Å². The molecule has 0 bridgehead atoms. The number of hydrogen-bond acceptors (Lipinski definition) is 6. The van der Waals surface area contributed by atoms with E-state index in [0.29, 0.717) is 11.8 Å². The van der Waals surface area contributed by atoms with Crippen molar-refractivity contribution in [1.29, 1.82) is 0 Å². The fraction of sp³-hybridized carbons (Fsp3) is 0.455. The molecule has 154 valence electrons. The Morgan fingerprint density at radius 2 is 2.27 bits per heavy atom. The molecule has 0 radical (unpaired) electrons. The Morgan fingerprint density at radius 1 is 1.40 bits per heavy atom. The van der Waals surface area contributed by atoms with Crippen molar-refractivity contribution in [3.63, 3.8) is 0 Å². The number of allylic oxidation sites excluding steroid dienone is 1. The summed E-state index contributed by atoms with van der Waals surface area (Å²) in [5, 5.41) is 5.41. The van der Waals surface area contributed by atoms with E-state index in [1.807, 2.05) is 29.9 Å². The molecule has 4 heterocycles. The number of amides is 1. The first-order valence-corrected chi connectivity index (χ1v) is 11.3. The van der Waals surface area contributed by atoms with Crippen molar-refractivity contribution in [2.45, 2.75) is 51.2 Å². The van der Waals surface area contributed by atoms with E-state index in [0.717, 1.165) is 58.9 Å². The first-order chi connectivity index (χ1) is 14.5. The quantitative estimate of drug-likeness (QED) is 0.643. The second-order valence-corrected chi connectivity index (χ2v) is 9.92. The van der Waals surface area contributed by atoms with Gasteiger partial charge in [0.2, 0.25) is 11.8 Å². The van der Waals surface area contributed by atoms with Crippen LogP contribution in [0.2, 0.25) is 0 Å². The Morgan fingerprint density at radius 3 is 3.00 bits per heavy atom. The summed E-state index contributed by atoms with van der Waals surface area (Å²) in [6.45, 7) is 4.96. The van der Waals surface area contributed by atoms with Crippen molar-refractivity contribution >= 4 is 22.8 Å². The van der Waals surface area contributed by atoms with Crippen molar-refractivity contribution < 1.29 is 9.53 Å². The molecule has 1 saturated heterocycles. The first kappa shape index (κ1) is 18.1. The van der Waals surface area contributed by atoms with Crippen LogP contribution in [0.1, 0.15) is 37.6 Å². The second kappa shape index (κ2) is 6.38. The van der Waals surface area contributed by atoms with Gasteiger partial charge in [0, 0.05) is 36.7 Å². The smallest absolute Gasteiger partial charge is 0.249 e. The monoisotopic (exact) mass is 421 g/mol. The zero-order valence-corrected chi connectivity index (χ0v) is 17.9. The molecule has 6 rings (SSSR count). The molecule has 1 amide bonds. The number of nitrogens with zero attached hydrogens (tertiary/aromatic N) is 5. The maximum Gasteiger partial charge on any atom is 0.249 e. The molecule has 3 aromatic heterocycles. The van der Waals surface area contributed by atoms with Gasteiger partial charge in [-0.1, -0.05) is 6.08 Å². The largest absolute Gasteiger partial charge is 0.469 e. The number of fused-ring (bicyclic) bond motifs is 2. The van der Waals surface area contributed by atoms with Gasteiger partial charge in [0.15, 0.2) is 0 Å². The number of hydrogen-bond donors (Lipinski definition) is 0. The third kappa shape index (κ3) is 2.62. The molecule has 1 aliphatic heterocycles. The van der Waals surface area contributed by atoms with E-state index < -0.39 is 0 Å². The van der Waals surface area contributed by atoms with Crippen molar-refractivity contribution in [3.05, 3.63) is 41.3 Å². The van der Waals surface area contributed by atoms with Gasteiger partial charge in [0.25, 0.3) is 0 Å². The summed E-state index contributed by atoms with van der Waals surface area (Å²) in [5.41, 5.74) is 2.33. The SMILES string of the molecule is Cc1ncc(-c2cn3nccc3c(O[C@@]3(C)CC4[C@H]3CCN4C(=O)C3=CCC3)n2)s1. The van der Waals surface area contributed by atoms with E-state index in [1.165, 1.54) is 0 Å². The summed E-state index contributed by atoms with van der Waals surface area (Å²) in [7, 11) is 0.